The minimum atomic E-state index is -0.683. The van der Waals surface area contributed by atoms with E-state index in [1.165, 1.54) is 18.2 Å². The molecular weight excluding hydrogens is 451 g/mol. The van der Waals surface area contributed by atoms with E-state index in [0.29, 0.717) is 18.4 Å². The standard InChI is InChI=1S/C24H20Cl2N2O4/c1-14-7-9-17-18(11-14)24(32)28(23(17)31)27(13-21(29)15-5-3-2-4-6-15)22(30)16-8-10-19(25)20(26)12-16/h2-8,10,12,17-18H,9,11,13H2,1H3/t17-,18+/m0/s1. The van der Waals surface area contributed by atoms with Crippen molar-refractivity contribution < 1.29 is 19.2 Å². The van der Waals surface area contributed by atoms with Crippen molar-refractivity contribution in [3.8, 4) is 0 Å². The SMILES string of the molecule is CC1=CC[C@@H]2C(=O)N(N(CC(=O)c3ccccc3)C(=O)c3ccc(Cl)c(Cl)c3)C(=O)[C@@H]2C1. The Labute approximate surface area is 195 Å². The van der Waals surface area contributed by atoms with E-state index in [2.05, 4.69) is 0 Å². The maximum Gasteiger partial charge on any atom is 0.273 e. The Morgan fingerprint density at radius 2 is 1.66 bits per heavy atom. The van der Waals surface area contributed by atoms with Gasteiger partial charge in [-0.2, -0.15) is 5.01 Å². The summed E-state index contributed by atoms with van der Waals surface area (Å²) in [6.45, 7) is 1.45. The second-order valence-corrected chi connectivity index (χ2v) is 8.79. The van der Waals surface area contributed by atoms with Gasteiger partial charge in [-0.3, -0.25) is 19.2 Å². The number of nitrogens with zero attached hydrogens (tertiary/aromatic N) is 2. The van der Waals surface area contributed by atoms with Crippen LogP contribution in [-0.4, -0.2) is 40.1 Å². The van der Waals surface area contributed by atoms with E-state index in [1.807, 2.05) is 13.0 Å². The Balaban J connectivity index is 1.71. The number of benzene rings is 2. The topological polar surface area (TPSA) is 74.8 Å². The number of amides is 3. The van der Waals surface area contributed by atoms with Gasteiger partial charge < -0.3 is 0 Å². The van der Waals surface area contributed by atoms with Gasteiger partial charge >= 0.3 is 0 Å². The van der Waals surface area contributed by atoms with Crippen LogP contribution in [0.2, 0.25) is 10.0 Å². The molecule has 0 aromatic heterocycles. The lowest BCUT2D eigenvalue weighted by atomic mass is 9.82. The third kappa shape index (κ3) is 4.08. The molecule has 0 bridgehead atoms. The molecule has 1 heterocycles. The highest BCUT2D eigenvalue weighted by Crippen LogP contribution is 2.38. The minimum absolute atomic E-state index is 0.116. The summed E-state index contributed by atoms with van der Waals surface area (Å²) in [5.41, 5.74) is 1.51. The summed E-state index contributed by atoms with van der Waals surface area (Å²) in [6.07, 6.45) is 2.82. The fourth-order valence-corrected chi connectivity index (χ4v) is 4.42. The first-order valence-electron chi connectivity index (χ1n) is 10.2. The number of ketones is 1. The number of allylic oxidation sites excluding steroid dienone is 2. The number of hydrazine groups is 1. The van der Waals surface area contributed by atoms with Crippen LogP contribution in [0.4, 0.5) is 0 Å². The average Bonchev–Trinajstić information content (AvgIpc) is 3.03. The van der Waals surface area contributed by atoms with Crippen LogP contribution < -0.4 is 0 Å². The molecule has 4 rings (SSSR count). The van der Waals surface area contributed by atoms with Crippen LogP contribution in [0.5, 0.6) is 0 Å². The van der Waals surface area contributed by atoms with Crippen molar-refractivity contribution in [2.75, 3.05) is 6.54 Å². The molecule has 2 aromatic rings. The molecule has 1 saturated heterocycles. The fraction of sp³-hybridized carbons (Fsp3) is 0.250. The molecular formula is C24H20Cl2N2O4. The van der Waals surface area contributed by atoms with Gasteiger partial charge in [-0.25, -0.2) is 5.01 Å². The number of halogens is 2. The molecule has 0 radical (unpaired) electrons. The zero-order valence-electron chi connectivity index (χ0n) is 17.3. The van der Waals surface area contributed by atoms with E-state index in [-0.39, 0.29) is 15.6 Å². The van der Waals surface area contributed by atoms with Gasteiger partial charge in [0.05, 0.1) is 21.9 Å². The van der Waals surface area contributed by atoms with E-state index in [0.717, 1.165) is 15.6 Å². The summed E-state index contributed by atoms with van der Waals surface area (Å²) < 4.78 is 0. The number of Topliss-reactive ketones (excluding diaryl/α,β-unsaturated/α-hetero) is 1. The molecule has 3 amide bonds. The van der Waals surface area contributed by atoms with Crippen LogP contribution in [0.25, 0.3) is 0 Å². The zero-order chi connectivity index (χ0) is 23.0. The highest BCUT2D eigenvalue weighted by Gasteiger charge is 2.51. The van der Waals surface area contributed by atoms with Crippen LogP contribution >= 0.6 is 23.2 Å². The van der Waals surface area contributed by atoms with Gasteiger partial charge in [0, 0.05) is 11.1 Å². The fourth-order valence-electron chi connectivity index (χ4n) is 4.12. The quantitative estimate of drug-likeness (QED) is 0.364. The van der Waals surface area contributed by atoms with Crippen molar-refractivity contribution in [2.45, 2.75) is 19.8 Å². The maximum atomic E-state index is 13.4. The van der Waals surface area contributed by atoms with Crippen LogP contribution in [0, 0.1) is 11.8 Å². The smallest absolute Gasteiger partial charge is 0.273 e. The highest BCUT2D eigenvalue weighted by molar-refractivity contribution is 6.42. The van der Waals surface area contributed by atoms with Crippen molar-refractivity contribution in [1.82, 2.24) is 10.0 Å². The van der Waals surface area contributed by atoms with E-state index >= 15 is 0 Å². The first-order chi connectivity index (χ1) is 15.3. The molecule has 2 atom stereocenters. The van der Waals surface area contributed by atoms with Gasteiger partial charge in [0.25, 0.3) is 17.7 Å². The zero-order valence-corrected chi connectivity index (χ0v) is 18.8. The first-order valence-corrected chi connectivity index (χ1v) is 10.9. The number of imide groups is 1. The number of rotatable bonds is 5. The number of carbonyl (C=O) groups excluding carboxylic acids is 4. The summed E-state index contributed by atoms with van der Waals surface area (Å²) in [5, 5.41) is 2.20. The van der Waals surface area contributed by atoms with E-state index in [9.17, 15) is 19.2 Å². The van der Waals surface area contributed by atoms with Crippen molar-refractivity contribution in [1.29, 1.82) is 0 Å². The highest BCUT2D eigenvalue weighted by atomic mass is 35.5. The molecule has 0 saturated carbocycles. The first kappa shape index (κ1) is 22.2. The molecule has 1 aliphatic heterocycles. The Morgan fingerprint density at radius 3 is 2.34 bits per heavy atom. The predicted molar refractivity (Wildman–Crippen MR) is 120 cm³/mol. The summed E-state index contributed by atoms with van der Waals surface area (Å²) in [4.78, 5) is 52.8. The van der Waals surface area contributed by atoms with E-state index in [1.54, 1.807) is 30.3 Å². The molecule has 164 valence electrons. The van der Waals surface area contributed by atoms with Gasteiger partial charge in [0.2, 0.25) is 0 Å². The summed E-state index contributed by atoms with van der Waals surface area (Å²) >= 11 is 12.0. The second kappa shape index (κ2) is 8.88. The number of carbonyl (C=O) groups is 4. The Morgan fingerprint density at radius 1 is 0.969 bits per heavy atom. The minimum Gasteiger partial charge on any atom is -0.292 e. The normalized spacial score (nSPS) is 20.1. The van der Waals surface area contributed by atoms with Crippen molar-refractivity contribution >= 4 is 46.7 Å². The maximum absolute atomic E-state index is 13.4. The molecule has 2 aliphatic rings. The molecule has 1 fully saturated rings. The van der Waals surface area contributed by atoms with Gasteiger partial charge in [0.15, 0.2) is 5.78 Å². The summed E-state index contributed by atoms with van der Waals surface area (Å²) in [6, 6.07) is 12.7. The molecule has 32 heavy (non-hydrogen) atoms. The second-order valence-electron chi connectivity index (χ2n) is 7.97. The van der Waals surface area contributed by atoms with Crippen LogP contribution in [0.15, 0.2) is 60.2 Å². The van der Waals surface area contributed by atoms with Crippen molar-refractivity contribution in [3.63, 3.8) is 0 Å². The van der Waals surface area contributed by atoms with Gasteiger partial charge in [-0.05, 0) is 38.0 Å². The van der Waals surface area contributed by atoms with Crippen LogP contribution in [0.1, 0.15) is 40.5 Å². The Kier molecular flexibility index (Phi) is 6.17. The third-order valence-electron chi connectivity index (χ3n) is 5.83. The molecule has 0 N–H and O–H groups in total. The van der Waals surface area contributed by atoms with Crippen molar-refractivity contribution in [2.24, 2.45) is 11.8 Å². The predicted octanol–water partition coefficient (Wildman–Crippen LogP) is 4.57. The monoisotopic (exact) mass is 470 g/mol. The Hall–Kier alpha value is -2.96. The summed E-state index contributed by atoms with van der Waals surface area (Å²) in [7, 11) is 0. The van der Waals surface area contributed by atoms with Crippen LogP contribution in [0.3, 0.4) is 0 Å². The van der Waals surface area contributed by atoms with E-state index in [4.69, 9.17) is 23.2 Å². The molecule has 0 spiro atoms. The number of hydrogen-bond donors (Lipinski definition) is 0. The lowest BCUT2D eigenvalue weighted by molar-refractivity contribution is -0.154. The molecule has 2 aromatic carbocycles. The average molecular weight is 471 g/mol. The van der Waals surface area contributed by atoms with Gasteiger partial charge in [0.1, 0.15) is 6.54 Å². The lowest BCUT2D eigenvalue weighted by Gasteiger charge is -2.30. The van der Waals surface area contributed by atoms with E-state index < -0.39 is 41.9 Å². The summed E-state index contributed by atoms with van der Waals surface area (Å²) in [5.74, 6) is -3.10. The number of fused-ring (bicyclic) bond motifs is 1. The van der Waals surface area contributed by atoms with Crippen LogP contribution in [-0.2, 0) is 9.59 Å². The van der Waals surface area contributed by atoms with Gasteiger partial charge in [-0.1, -0.05) is 65.2 Å². The third-order valence-corrected chi connectivity index (χ3v) is 6.57. The largest absolute Gasteiger partial charge is 0.292 e. The van der Waals surface area contributed by atoms with Crippen molar-refractivity contribution in [3.05, 3.63) is 81.4 Å². The molecule has 1 aliphatic carbocycles. The molecule has 6 nitrogen and oxygen atoms in total. The lowest BCUT2D eigenvalue weighted by Crippen LogP contribution is -2.52. The van der Waals surface area contributed by atoms with Gasteiger partial charge in [-0.15, -0.1) is 0 Å². The molecule has 8 heteroatoms. The molecule has 0 unspecified atom stereocenters. The number of hydrogen-bond acceptors (Lipinski definition) is 4. The Bertz CT molecular complexity index is 1150.